The predicted molar refractivity (Wildman–Crippen MR) is 82.6 cm³/mol. The minimum absolute atomic E-state index is 0.677. The van der Waals surface area contributed by atoms with Crippen LogP contribution in [0.15, 0.2) is 0 Å². The van der Waals surface area contributed by atoms with Crippen molar-refractivity contribution in [1.82, 2.24) is 10.2 Å². The van der Waals surface area contributed by atoms with Crippen LogP contribution in [0.3, 0.4) is 0 Å². The zero-order chi connectivity index (χ0) is 14.1. The molecular weight excluding hydrogens is 236 g/mol. The van der Waals surface area contributed by atoms with E-state index in [-0.39, 0.29) is 0 Å². The molecule has 19 heavy (non-hydrogen) atoms. The van der Waals surface area contributed by atoms with Crippen LogP contribution >= 0.6 is 0 Å². The molecule has 0 spiro atoms. The molecule has 0 radical (unpaired) electrons. The maximum Gasteiger partial charge on any atom is 0.0480 e. The third-order valence-electron chi connectivity index (χ3n) is 4.11. The van der Waals surface area contributed by atoms with Gasteiger partial charge in [-0.3, -0.25) is 4.90 Å². The summed E-state index contributed by atoms with van der Waals surface area (Å²) in [6.07, 6.45) is 4.88. The molecular formula is C16H34N2O. The fraction of sp³-hybridized carbons (Fsp3) is 1.00. The van der Waals surface area contributed by atoms with Crippen molar-refractivity contribution in [2.24, 2.45) is 5.92 Å². The smallest absolute Gasteiger partial charge is 0.0480 e. The molecule has 0 bridgehead atoms. The lowest BCUT2D eigenvalue weighted by Crippen LogP contribution is -2.44. The van der Waals surface area contributed by atoms with E-state index >= 15 is 0 Å². The molecule has 0 aromatic rings. The van der Waals surface area contributed by atoms with Crippen molar-refractivity contribution in [3.63, 3.8) is 0 Å². The number of nitrogens with zero attached hydrogens (tertiary/aromatic N) is 1. The van der Waals surface area contributed by atoms with Gasteiger partial charge in [0.1, 0.15) is 0 Å². The van der Waals surface area contributed by atoms with Gasteiger partial charge in [0, 0.05) is 44.9 Å². The number of ether oxygens (including phenoxy) is 1. The molecule has 1 aliphatic rings. The van der Waals surface area contributed by atoms with Gasteiger partial charge < -0.3 is 10.1 Å². The Morgan fingerprint density at radius 1 is 1.16 bits per heavy atom. The molecule has 1 saturated heterocycles. The Bertz CT molecular complexity index is 211. The molecule has 1 aliphatic heterocycles. The monoisotopic (exact) mass is 270 g/mol. The summed E-state index contributed by atoms with van der Waals surface area (Å²) in [5.41, 5.74) is 0. The van der Waals surface area contributed by atoms with Crippen LogP contribution in [0.4, 0.5) is 0 Å². The van der Waals surface area contributed by atoms with Crippen LogP contribution < -0.4 is 5.32 Å². The first-order valence-corrected chi connectivity index (χ1v) is 8.22. The van der Waals surface area contributed by atoms with E-state index < -0.39 is 0 Å². The first-order chi connectivity index (χ1) is 9.17. The molecule has 0 unspecified atom stereocenters. The van der Waals surface area contributed by atoms with Crippen molar-refractivity contribution in [2.75, 3.05) is 32.8 Å². The highest BCUT2D eigenvalue weighted by atomic mass is 16.5. The third kappa shape index (κ3) is 6.73. The second kappa shape index (κ2) is 9.73. The fourth-order valence-corrected chi connectivity index (χ4v) is 3.01. The van der Waals surface area contributed by atoms with Gasteiger partial charge in [-0.05, 0) is 31.6 Å². The summed E-state index contributed by atoms with van der Waals surface area (Å²) in [7, 11) is 0. The molecule has 114 valence electrons. The van der Waals surface area contributed by atoms with E-state index in [2.05, 4.69) is 37.9 Å². The van der Waals surface area contributed by atoms with Gasteiger partial charge in [0.2, 0.25) is 0 Å². The fourth-order valence-electron chi connectivity index (χ4n) is 3.01. The van der Waals surface area contributed by atoms with E-state index in [9.17, 15) is 0 Å². The van der Waals surface area contributed by atoms with Gasteiger partial charge >= 0.3 is 0 Å². The summed E-state index contributed by atoms with van der Waals surface area (Å²) < 4.78 is 5.40. The van der Waals surface area contributed by atoms with E-state index in [0.717, 1.165) is 31.7 Å². The minimum atomic E-state index is 0.677. The number of rotatable bonds is 9. The van der Waals surface area contributed by atoms with Crippen molar-refractivity contribution in [3.05, 3.63) is 0 Å². The van der Waals surface area contributed by atoms with E-state index in [1.54, 1.807) is 0 Å². The first kappa shape index (κ1) is 16.9. The summed E-state index contributed by atoms with van der Waals surface area (Å²) in [6.45, 7) is 14.7. The summed E-state index contributed by atoms with van der Waals surface area (Å²) in [6, 6.07) is 1.43. The highest BCUT2D eigenvalue weighted by Gasteiger charge is 2.17. The molecule has 0 aliphatic carbocycles. The van der Waals surface area contributed by atoms with Gasteiger partial charge in [0.25, 0.3) is 0 Å². The van der Waals surface area contributed by atoms with E-state index in [4.69, 9.17) is 4.74 Å². The van der Waals surface area contributed by atoms with Crippen molar-refractivity contribution >= 4 is 0 Å². The van der Waals surface area contributed by atoms with Gasteiger partial charge in [-0.1, -0.05) is 27.7 Å². The SMILES string of the molecule is CCC(CC)N(CCNC1CCOCC1)CC(C)C. The topological polar surface area (TPSA) is 24.5 Å². The highest BCUT2D eigenvalue weighted by molar-refractivity contribution is 4.74. The maximum atomic E-state index is 5.40. The summed E-state index contributed by atoms with van der Waals surface area (Å²) >= 11 is 0. The highest BCUT2D eigenvalue weighted by Crippen LogP contribution is 2.11. The largest absolute Gasteiger partial charge is 0.381 e. The minimum Gasteiger partial charge on any atom is -0.381 e. The Labute approximate surface area is 120 Å². The van der Waals surface area contributed by atoms with Crippen LogP contribution in [0.2, 0.25) is 0 Å². The van der Waals surface area contributed by atoms with Gasteiger partial charge in [-0.2, -0.15) is 0 Å². The summed E-state index contributed by atoms with van der Waals surface area (Å²) in [5, 5.41) is 3.71. The zero-order valence-electron chi connectivity index (χ0n) is 13.5. The van der Waals surface area contributed by atoms with Crippen molar-refractivity contribution in [2.45, 2.75) is 65.5 Å². The van der Waals surface area contributed by atoms with Crippen LogP contribution in [0.5, 0.6) is 0 Å². The molecule has 0 amide bonds. The maximum absolute atomic E-state index is 5.40. The Morgan fingerprint density at radius 2 is 1.79 bits per heavy atom. The number of nitrogens with one attached hydrogen (secondary N) is 1. The van der Waals surface area contributed by atoms with E-state index in [1.807, 2.05) is 0 Å². The number of hydrogen-bond donors (Lipinski definition) is 1. The molecule has 3 heteroatoms. The van der Waals surface area contributed by atoms with E-state index in [1.165, 1.54) is 38.8 Å². The standard InChI is InChI=1S/C16H34N2O/c1-5-16(6-2)18(13-14(3)4)10-9-17-15-7-11-19-12-8-15/h14-17H,5-13H2,1-4H3. The van der Waals surface area contributed by atoms with Crippen molar-refractivity contribution in [3.8, 4) is 0 Å². The molecule has 1 N–H and O–H groups in total. The normalized spacial score (nSPS) is 17.8. The van der Waals surface area contributed by atoms with Gasteiger partial charge in [0.05, 0.1) is 0 Å². The van der Waals surface area contributed by atoms with Gasteiger partial charge in [0.15, 0.2) is 0 Å². The lowest BCUT2D eigenvalue weighted by molar-refractivity contribution is 0.0760. The van der Waals surface area contributed by atoms with Crippen LogP contribution in [0, 0.1) is 5.92 Å². The molecule has 0 atom stereocenters. The Kier molecular flexibility index (Phi) is 8.67. The Morgan fingerprint density at radius 3 is 2.32 bits per heavy atom. The average Bonchev–Trinajstić information content (AvgIpc) is 2.40. The summed E-state index contributed by atoms with van der Waals surface area (Å²) in [4.78, 5) is 2.68. The van der Waals surface area contributed by atoms with Gasteiger partial charge in [-0.15, -0.1) is 0 Å². The van der Waals surface area contributed by atoms with E-state index in [0.29, 0.717) is 6.04 Å². The van der Waals surface area contributed by atoms with Gasteiger partial charge in [-0.25, -0.2) is 0 Å². The quantitative estimate of drug-likeness (QED) is 0.697. The zero-order valence-corrected chi connectivity index (χ0v) is 13.5. The molecule has 1 heterocycles. The van der Waals surface area contributed by atoms with Crippen LogP contribution in [0.1, 0.15) is 53.4 Å². The second-order valence-electron chi connectivity index (χ2n) is 6.20. The lowest BCUT2D eigenvalue weighted by atomic mass is 10.1. The second-order valence-corrected chi connectivity index (χ2v) is 6.20. The van der Waals surface area contributed by atoms with Crippen molar-refractivity contribution < 1.29 is 4.74 Å². The summed E-state index contributed by atoms with van der Waals surface area (Å²) in [5.74, 6) is 0.753. The number of hydrogen-bond acceptors (Lipinski definition) is 3. The lowest BCUT2D eigenvalue weighted by Gasteiger charge is -2.33. The molecule has 1 rings (SSSR count). The van der Waals surface area contributed by atoms with Crippen LogP contribution in [-0.4, -0.2) is 49.8 Å². The average molecular weight is 270 g/mol. The Hall–Kier alpha value is -0.120. The molecule has 0 saturated carbocycles. The first-order valence-electron chi connectivity index (χ1n) is 8.22. The molecule has 0 aromatic carbocycles. The molecule has 3 nitrogen and oxygen atoms in total. The molecule has 0 aromatic heterocycles. The Balaban J connectivity index is 2.30. The van der Waals surface area contributed by atoms with Crippen molar-refractivity contribution in [1.29, 1.82) is 0 Å². The van der Waals surface area contributed by atoms with Crippen LogP contribution in [0.25, 0.3) is 0 Å². The third-order valence-corrected chi connectivity index (χ3v) is 4.11. The predicted octanol–water partition coefficient (Wildman–Crippen LogP) is 2.90. The van der Waals surface area contributed by atoms with Crippen LogP contribution in [-0.2, 0) is 4.74 Å². The molecule has 1 fully saturated rings.